The topological polar surface area (TPSA) is 54.5 Å². The molecule has 1 fully saturated rings. The third kappa shape index (κ3) is 2.68. The van der Waals surface area contributed by atoms with E-state index in [-0.39, 0.29) is 12.3 Å². The number of Topliss-reactive ketones (excluding diaryl/α,β-unsaturated/α-hetero) is 2. The lowest BCUT2D eigenvalue weighted by Crippen LogP contribution is -2.30. The van der Waals surface area contributed by atoms with Gasteiger partial charge in [-0.25, -0.2) is 0 Å². The Balaban J connectivity index is 1.79. The molecule has 110 valence electrons. The van der Waals surface area contributed by atoms with Crippen molar-refractivity contribution in [3.05, 3.63) is 71.8 Å². The van der Waals surface area contributed by atoms with E-state index in [2.05, 4.69) is 0 Å². The Morgan fingerprint density at radius 2 is 1.55 bits per heavy atom. The Hall–Kier alpha value is -2.75. The zero-order valence-electron chi connectivity index (χ0n) is 11.9. The predicted molar refractivity (Wildman–Crippen MR) is 81.1 cm³/mol. The summed E-state index contributed by atoms with van der Waals surface area (Å²) in [6, 6.07) is 17.9. The number of ketones is 2. The van der Waals surface area contributed by atoms with Gasteiger partial charge in [0.05, 0.1) is 6.54 Å². The summed E-state index contributed by atoms with van der Waals surface area (Å²) >= 11 is 0. The van der Waals surface area contributed by atoms with E-state index in [1.165, 1.54) is 4.90 Å². The van der Waals surface area contributed by atoms with Crippen molar-refractivity contribution >= 4 is 17.5 Å². The molecule has 1 aliphatic heterocycles. The zero-order chi connectivity index (χ0) is 15.5. The van der Waals surface area contributed by atoms with Crippen LogP contribution in [0.3, 0.4) is 0 Å². The normalized spacial score (nSPS) is 17.8. The summed E-state index contributed by atoms with van der Waals surface area (Å²) in [6.07, 6.45) is 0. The van der Waals surface area contributed by atoms with Crippen molar-refractivity contribution in [1.82, 2.24) is 4.90 Å². The van der Waals surface area contributed by atoms with Crippen LogP contribution in [-0.2, 0) is 16.1 Å². The molecule has 1 saturated heterocycles. The van der Waals surface area contributed by atoms with Crippen molar-refractivity contribution in [2.45, 2.75) is 6.54 Å². The van der Waals surface area contributed by atoms with Gasteiger partial charge in [0.25, 0.3) is 0 Å². The minimum Gasteiger partial charge on any atom is -0.330 e. The van der Waals surface area contributed by atoms with Crippen LogP contribution in [0.5, 0.6) is 0 Å². The summed E-state index contributed by atoms with van der Waals surface area (Å²) in [7, 11) is 0. The molecule has 2 aromatic carbocycles. The molecule has 1 unspecified atom stereocenters. The van der Waals surface area contributed by atoms with Crippen LogP contribution in [0.4, 0.5) is 0 Å². The second-order valence-electron chi connectivity index (χ2n) is 5.31. The Bertz CT molecular complexity index is 710. The minimum absolute atomic E-state index is 0.00301. The van der Waals surface area contributed by atoms with E-state index in [1.54, 1.807) is 30.3 Å². The first-order valence-corrected chi connectivity index (χ1v) is 7.11. The van der Waals surface area contributed by atoms with Gasteiger partial charge in [-0.1, -0.05) is 60.7 Å². The zero-order valence-corrected chi connectivity index (χ0v) is 11.9. The number of amides is 1. The molecule has 1 amide bonds. The number of carbonyl (C=O) groups excluding carboxylic acids is 3. The fourth-order valence-electron chi connectivity index (χ4n) is 2.64. The first-order chi connectivity index (χ1) is 10.7. The summed E-state index contributed by atoms with van der Waals surface area (Å²) in [4.78, 5) is 38.4. The number of nitrogens with zero attached hydrogens (tertiary/aromatic N) is 1. The second-order valence-corrected chi connectivity index (χ2v) is 5.31. The fourth-order valence-corrected chi connectivity index (χ4v) is 2.64. The van der Waals surface area contributed by atoms with Crippen LogP contribution in [0.15, 0.2) is 60.7 Å². The number of benzene rings is 2. The maximum Gasteiger partial charge on any atom is 0.241 e. The quantitative estimate of drug-likeness (QED) is 0.641. The molecule has 3 rings (SSSR count). The number of carbonyl (C=O) groups is 3. The van der Waals surface area contributed by atoms with Crippen LogP contribution in [0.2, 0.25) is 0 Å². The fraction of sp³-hybridized carbons (Fsp3) is 0.167. The monoisotopic (exact) mass is 293 g/mol. The van der Waals surface area contributed by atoms with Crippen molar-refractivity contribution < 1.29 is 14.4 Å². The third-order valence-corrected chi connectivity index (χ3v) is 3.76. The van der Waals surface area contributed by atoms with Gasteiger partial charge >= 0.3 is 0 Å². The number of hydrogen-bond donors (Lipinski definition) is 0. The highest BCUT2D eigenvalue weighted by atomic mass is 16.2. The predicted octanol–water partition coefficient (Wildman–Crippen LogP) is 2.10. The van der Waals surface area contributed by atoms with Crippen LogP contribution in [0, 0.1) is 5.92 Å². The molecule has 0 saturated carbocycles. The lowest BCUT2D eigenvalue weighted by Gasteiger charge is -2.15. The van der Waals surface area contributed by atoms with Gasteiger partial charge in [-0.05, 0) is 5.56 Å². The van der Waals surface area contributed by atoms with Crippen molar-refractivity contribution in [1.29, 1.82) is 0 Å². The first-order valence-electron chi connectivity index (χ1n) is 7.11. The molecule has 1 atom stereocenters. The standard InChI is InChI=1S/C18H15NO3/c20-15-12-19(11-13-7-3-1-4-8-13)18(22)16(15)17(21)14-9-5-2-6-10-14/h1-10,16H,11-12H2. The average Bonchev–Trinajstić information content (AvgIpc) is 2.82. The molecule has 0 aromatic heterocycles. The summed E-state index contributed by atoms with van der Waals surface area (Å²) in [6.45, 7) is 0.348. The van der Waals surface area contributed by atoms with E-state index in [0.717, 1.165) is 5.56 Å². The van der Waals surface area contributed by atoms with Gasteiger partial charge in [-0.15, -0.1) is 0 Å². The lowest BCUT2D eigenvalue weighted by molar-refractivity contribution is -0.130. The molecule has 2 aromatic rings. The molecule has 1 heterocycles. The van der Waals surface area contributed by atoms with Gasteiger partial charge in [0.15, 0.2) is 17.5 Å². The maximum atomic E-state index is 12.4. The molecule has 0 radical (unpaired) electrons. The van der Waals surface area contributed by atoms with E-state index in [1.807, 2.05) is 30.3 Å². The van der Waals surface area contributed by atoms with Gasteiger partial charge in [0, 0.05) is 12.1 Å². The lowest BCUT2D eigenvalue weighted by atomic mass is 9.95. The van der Waals surface area contributed by atoms with E-state index in [9.17, 15) is 14.4 Å². The summed E-state index contributed by atoms with van der Waals surface area (Å²) < 4.78 is 0. The highest BCUT2D eigenvalue weighted by Crippen LogP contribution is 2.21. The molecular formula is C18H15NO3. The van der Waals surface area contributed by atoms with Crippen molar-refractivity contribution in [2.75, 3.05) is 6.54 Å². The van der Waals surface area contributed by atoms with Crippen LogP contribution in [0.1, 0.15) is 15.9 Å². The minimum atomic E-state index is -1.19. The average molecular weight is 293 g/mol. The molecule has 22 heavy (non-hydrogen) atoms. The van der Waals surface area contributed by atoms with Crippen LogP contribution >= 0.6 is 0 Å². The van der Waals surface area contributed by atoms with Gasteiger partial charge < -0.3 is 4.90 Å². The van der Waals surface area contributed by atoms with Crippen LogP contribution in [-0.4, -0.2) is 28.9 Å². The largest absolute Gasteiger partial charge is 0.330 e. The third-order valence-electron chi connectivity index (χ3n) is 3.76. The summed E-state index contributed by atoms with van der Waals surface area (Å²) in [5, 5.41) is 0. The van der Waals surface area contributed by atoms with E-state index >= 15 is 0 Å². The molecule has 0 spiro atoms. The number of rotatable bonds is 4. The summed E-state index contributed by atoms with van der Waals surface area (Å²) in [5.74, 6) is -2.32. The molecule has 0 N–H and O–H groups in total. The van der Waals surface area contributed by atoms with Gasteiger partial charge in [-0.3, -0.25) is 14.4 Å². The molecule has 4 heteroatoms. The molecule has 0 bridgehead atoms. The Kier molecular flexibility index (Phi) is 3.83. The van der Waals surface area contributed by atoms with Gasteiger partial charge in [0.1, 0.15) is 0 Å². The van der Waals surface area contributed by atoms with Crippen LogP contribution in [0.25, 0.3) is 0 Å². The molecular weight excluding hydrogens is 278 g/mol. The van der Waals surface area contributed by atoms with Crippen molar-refractivity contribution in [3.8, 4) is 0 Å². The van der Waals surface area contributed by atoms with E-state index in [0.29, 0.717) is 12.1 Å². The first kappa shape index (κ1) is 14.2. The van der Waals surface area contributed by atoms with Gasteiger partial charge in [0.2, 0.25) is 5.91 Å². The van der Waals surface area contributed by atoms with Crippen molar-refractivity contribution in [3.63, 3.8) is 0 Å². The molecule has 0 aliphatic carbocycles. The Labute approximate surface area is 128 Å². The molecule has 4 nitrogen and oxygen atoms in total. The smallest absolute Gasteiger partial charge is 0.241 e. The van der Waals surface area contributed by atoms with Crippen LogP contribution < -0.4 is 0 Å². The highest BCUT2D eigenvalue weighted by molar-refractivity contribution is 6.27. The Morgan fingerprint density at radius 1 is 0.955 bits per heavy atom. The van der Waals surface area contributed by atoms with Crippen molar-refractivity contribution in [2.24, 2.45) is 5.92 Å². The van der Waals surface area contributed by atoms with E-state index in [4.69, 9.17) is 0 Å². The van der Waals surface area contributed by atoms with E-state index < -0.39 is 17.6 Å². The van der Waals surface area contributed by atoms with Gasteiger partial charge in [-0.2, -0.15) is 0 Å². The summed E-state index contributed by atoms with van der Waals surface area (Å²) in [5.41, 5.74) is 1.34. The molecule has 1 aliphatic rings. The SMILES string of the molecule is O=C1CN(Cc2ccccc2)C(=O)C1C(=O)c1ccccc1. The highest BCUT2D eigenvalue weighted by Gasteiger charge is 2.43. The number of likely N-dealkylation sites (tertiary alicyclic amines) is 1. The Morgan fingerprint density at radius 3 is 2.18 bits per heavy atom. The maximum absolute atomic E-state index is 12.4. The number of hydrogen-bond acceptors (Lipinski definition) is 3. The second kappa shape index (κ2) is 5.93.